The van der Waals surface area contributed by atoms with Crippen LogP contribution in [0, 0.1) is 0 Å². The van der Waals surface area contributed by atoms with Crippen LogP contribution in [0.5, 0.6) is 0 Å². The Bertz CT molecular complexity index is 854. The number of carbonyl (C=O) groups is 6. The Kier molecular flexibility index (Phi) is 12.6. The van der Waals surface area contributed by atoms with Gasteiger partial charge in [0.25, 0.3) is 0 Å². The van der Waals surface area contributed by atoms with Crippen LogP contribution in [0.15, 0.2) is 4.99 Å². The van der Waals surface area contributed by atoms with Crippen LogP contribution in [0.25, 0.3) is 0 Å². The molecule has 0 saturated carbocycles. The highest BCUT2D eigenvalue weighted by molar-refractivity contribution is 5.96. The molecule has 36 heavy (non-hydrogen) atoms. The number of primary amides is 2. The van der Waals surface area contributed by atoms with Crippen LogP contribution in [0.2, 0.25) is 0 Å². The topological polar surface area (TPSA) is 287 Å². The van der Waals surface area contributed by atoms with Crippen LogP contribution in [0.1, 0.15) is 44.9 Å². The zero-order valence-corrected chi connectivity index (χ0v) is 19.8. The van der Waals surface area contributed by atoms with E-state index in [1.165, 1.54) is 0 Å². The van der Waals surface area contributed by atoms with E-state index in [1.807, 2.05) is 0 Å². The van der Waals surface area contributed by atoms with Gasteiger partial charge < -0.3 is 49.3 Å². The molecule has 16 nitrogen and oxygen atoms in total. The molecule has 0 aromatic rings. The van der Waals surface area contributed by atoms with Gasteiger partial charge in [0.2, 0.25) is 29.5 Å². The molecule has 5 amide bonds. The molecule has 0 aromatic carbocycles. The second-order valence-electron chi connectivity index (χ2n) is 8.29. The van der Waals surface area contributed by atoms with Crippen molar-refractivity contribution in [3.8, 4) is 0 Å². The Balaban J connectivity index is 2.92. The van der Waals surface area contributed by atoms with Crippen molar-refractivity contribution in [2.24, 2.45) is 27.9 Å². The number of hydrogen-bond donors (Lipinski definition) is 9. The molecule has 0 radical (unpaired) electrons. The molecule has 0 aliphatic carbocycles. The van der Waals surface area contributed by atoms with Gasteiger partial charge in [-0.25, -0.2) is 4.79 Å². The number of aliphatic imine (C=N–C) groups is 1. The molecule has 4 unspecified atom stereocenters. The zero-order valence-electron chi connectivity index (χ0n) is 19.8. The summed E-state index contributed by atoms with van der Waals surface area (Å²) < 4.78 is 0. The van der Waals surface area contributed by atoms with Crippen molar-refractivity contribution in [3.05, 3.63) is 0 Å². The van der Waals surface area contributed by atoms with E-state index in [1.54, 1.807) is 0 Å². The number of amides is 5. The number of nitrogens with one attached hydrogen (secondary N) is 4. The number of nitrogens with two attached hydrogens (primary N) is 4. The summed E-state index contributed by atoms with van der Waals surface area (Å²) in [7, 11) is 0. The lowest BCUT2D eigenvalue weighted by Crippen LogP contribution is -2.57. The first-order chi connectivity index (χ1) is 16.9. The van der Waals surface area contributed by atoms with Gasteiger partial charge in [0.05, 0.1) is 12.5 Å². The van der Waals surface area contributed by atoms with E-state index in [0.29, 0.717) is 13.0 Å². The van der Waals surface area contributed by atoms with Crippen LogP contribution in [-0.4, -0.2) is 83.8 Å². The van der Waals surface area contributed by atoms with E-state index in [4.69, 9.17) is 22.9 Å². The van der Waals surface area contributed by atoms with Crippen LogP contribution in [-0.2, 0) is 28.8 Å². The van der Waals surface area contributed by atoms with Crippen LogP contribution >= 0.6 is 0 Å². The van der Waals surface area contributed by atoms with Gasteiger partial charge in [-0.15, -0.1) is 0 Å². The second kappa shape index (κ2) is 15.1. The molecule has 1 heterocycles. The number of carboxylic acids is 1. The van der Waals surface area contributed by atoms with Gasteiger partial charge in [-0.3, -0.25) is 29.0 Å². The van der Waals surface area contributed by atoms with Gasteiger partial charge in [0.15, 0.2) is 5.96 Å². The van der Waals surface area contributed by atoms with E-state index >= 15 is 0 Å². The smallest absolute Gasteiger partial charge is 0.326 e. The number of hydrogen-bond acceptors (Lipinski definition) is 8. The molecule has 16 heteroatoms. The summed E-state index contributed by atoms with van der Waals surface area (Å²) in [5.41, 5.74) is 20.8. The first kappa shape index (κ1) is 30.1. The monoisotopic (exact) mass is 513 g/mol. The maximum absolute atomic E-state index is 12.9. The highest BCUT2D eigenvalue weighted by Crippen LogP contribution is 2.07. The van der Waals surface area contributed by atoms with E-state index < -0.39 is 66.1 Å². The van der Waals surface area contributed by atoms with Gasteiger partial charge in [-0.05, 0) is 38.6 Å². The van der Waals surface area contributed by atoms with E-state index in [-0.39, 0.29) is 38.2 Å². The molecule has 1 aliphatic heterocycles. The normalized spacial score (nSPS) is 17.2. The summed E-state index contributed by atoms with van der Waals surface area (Å²) in [6.45, 7) is 0.755. The fourth-order valence-electron chi connectivity index (χ4n) is 3.45. The third-order valence-electron chi connectivity index (χ3n) is 5.29. The minimum absolute atomic E-state index is 0.0247. The van der Waals surface area contributed by atoms with Crippen molar-refractivity contribution >= 4 is 41.5 Å². The lowest BCUT2D eigenvalue weighted by atomic mass is 10.1. The first-order valence-corrected chi connectivity index (χ1v) is 11.4. The van der Waals surface area contributed by atoms with E-state index in [9.17, 15) is 33.9 Å². The van der Waals surface area contributed by atoms with Crippen molar-refractivity contribution in [2.45, 2.75) is 69.1 Å². The Morgan fingerprint density at radius 2 is 1.53 bits per heavy atom. The van der Waals surface area contributed by atoms with Gasteiger partial charge in [-0.2, -0.15) is 0 Å². The molecule has 1 fully saturated rings. The van der Waals surface area contributed by atoms with Crippen molar-refractivity contribution in [1.82, 2.24) is 21.3 Å². The maximum atomic E-state index is 12.9. The van der Waals surface area contributed by atoms with Crippen molar-refractivity contribution in [1.29, 1.82) is 0 Å². The summed E-state index contributed by atoms with van der Waals surface area (Å²) in [6, 6.07) is -4.66. The summed E-state index contributed by atoms with van der Waals surface area (Å²) in [6.07, 6.45) is 0.403. The summed E-state index contributed by atoms with van der Waals surface area (Å²) in [4.78, 5) is 76.2. The SMILES string of the molecule is NC(=O)CCC(NC(=O)C(CC(N)=O)NC(=O)C1CCCN1)C(=O)NC(CCCN=C(N)N)C(=O)O. The van der Waals surface area contributed by atoms with Crippen LogP contribution < -0.4 is 44.2 Å². The van der Waals surface area contributed by atoms with Gasteiger partial charge >= 0.3 is 5.97 Å². The van der Waals surface area contributed by atoms with Crippen molar-refractivity contribution < 1.29 is 33.9 Å². The molecule has 0 aromatic heterocycles. The minimum atomic E-state index is -1.39. The quantitative estimate of drug-likeness (QED) is 0.0541. The fraction of sp³-hybridized carbons (Fsp3) is 0.650. The fourth-order valence-corrected chi connectivity index (χ4v) is 3.45. The predicted molar refractivity (Wildman–Crippen MR) is 127 cm³/mol. The molecule has 1 aliphatic rings. The Morgan fingerprint density at radius 3 is 2.06 bits per heavy atom. The van der Waals surface area contributed by atoms with Gasteiger partial charge in [-0.1, -0.05) is 0 Å². The molecule has 0 spiro atoms. The van der Waals surface area contributed by atoms with Crippen LogP contribution in [0.3, 0.4) is 0 Å². The highest BCUT2D eigenvalue weighted by atomic mass is 16.4. The molecular weight excluding hydrogens is 478 g/mol. The van der Waals surface area contributed by atoms with E-state index in [2.05, 4.69) is 26.3 Å². The molecule has 0 bridgehead atoms. The molecule has 1 saturated heterocycles. The number of guanidine groups is 1. The third-order valence-corrected chi connectivity index (χ3v) is 5.29. The standard InChI is InChI=1S/C20H35N9O7/c21-14(30)6-5-11(17(33)28-12(19(35)36)4-2-8-26-20(23)24)27-18(34)13(9-15(22)31)29-16(32)10-3-1-7-25-10/h10-13,25H,1-9H2,(H2,21,30)(H2,22,31)(H,27,34)(H,28,33)(H,29,32)(H,35,36)(H4,23,24,26). The molecule has 1 rings (SSSR count). The zero-order chi connectivity index (χ0) is 27.3. The number of aliphatic carboxylic acids is 1. The molecular formula is C20H35N9O7. The largest absolute Gasteiger partial charge is 0.480 e. The Hall–Kier alpha value is -3.95. The highest BCUT2D eigenvalue weighted by Gasteiger charge is 2.32. The Morgan fingerprint density at radius 1 is 0.889 bits per heavy atom. The number of nitrogens with zero attached hydrogens (tertiary/aromatic N) is 1. The summed E-state index contributed by atoms with van der Waals surface area (Å²) >= 11 is 0. The Labute approximate surface area is 207 Å². The lowest BCUT2D eigenvalue weighted by molar-refractivity contribution is -0.142. The number of carbonyl (C=O) groups excluding carboxylic acids is 5. The van der Waals surface area contributed by atoms with Crippen molar-refractivity contribution in [2.75, 3.05) is 13.1 Å². The van der Waals surface area contributed by atoms with Gasteiger partial charge in [0.1, 0.15) is 18.1 Å². The van der Waals surface area contributed by atoms with Crippen LogP contribution in [0.4, 0.5) is 0 Å². The summed E-state index contributed by atoms with van der Waals surface area (Å²) in [5.74, 6) is -5.47. The van der Waals surface area contributed by atoms with Crippen molar-refractivity contribution in [3.63, 3.8) is 0 Å². The average Bonchev–Trinajstić information content (AvgIpc) is 3.32. The first-order valence-electron chi connectivity index (χ1n) is 11.4. The second-order valence-corrected chi connectivity index (χ2v) is 8.29. The number of rotatable bonds is 16. The minimum Gasteiger partial charge on any atom is -0.480 e. The van der Waals surface area contributed by atoms with E-state index in [0.717, 1.165) is 6.42 Å². The predicted octanol–water partition coefficient (Wildman–Crippen LogP) is -4.53. The lowest BCUT2D eigenvalue weighted by Gasteiger charge is -2.24. The summed E-state index contributed by atoms with van der Waals surface area (Å²) in [5, 5.41) is 19.5. The maximum Gasteiger partial charge on any atom is 0.326 e. The molecule has 4 atom stereocenters. The van der Waals surface area contributed by atoms with Gasteiger partial charge in [0, 0.05) is 13.0 Å². The molecule has 202 valence electrons. The third kappa shape index (κ3) is 11.5. The molecule has 13 N–H and O–H groups in total. The average molecular weight is 514 g/mol. The number of carboxylic acid groups (broad SMARTS) is 1.